The van der Waals surface area contributed by atoms with Crippen molar-refractivity contribution in [3.05, 3.63) is 23.8 Å². The highest BCUT2D eigenvalue weighted by Gasteiger charge is 2.19. The number of allylic oxidation sites excluding steroid dienone is 1. The minimum absolute atomic E-state index is 0.284. The van der Waals surface area contributed by atoms with E-state index in [1.807, 2.05) is 0 Å². The number of ether oxygens (including phenoxy) is 2. The summed E-state index contributed by atoms with van der Waals surface area (Å²) in [7, 11) is 2.67. The van der Waals surface area contributed by atoms with Crippen LogP contribution in [0.2, 0.25) is 0 Å². The Labute approximate surface area is 82.2 Å². The molecule has 0 aromatic heterocycles. The predicted molar refractivity (Wildman–Crippen MR) is 49.4 cm³/mol. The average Bonchev–Trinajstić information content (AvgIpc) is 2.27. The molecule has 0 aliphatic heterocycles. The van der Waals surface area contributed by atoms with Crippen LogP contribution in [0.5, 0.6) is 0 Å². The van der Waals surface area contributed by atoms with E-state index in [2.05, 4.69) is 9.47 Å². The Morgan fingerprint density at radius 2 is 2.07 bits per heavy atom. The van der Waals surface area contributed by atoms with Crippen LogP contribution in [-0.4, -0.2) is 26.2 Å². The molecule has 0 spiro atoms. The Kier molecular flexibility index (Phi) is 3.45. The molecule has 1 unspecified atom stereocenters. The first-order chi connectivity index (χ1) is 6.69. The molecule has 4 heteroatoms. The lowest BCUT2D eigenvalue weighted by molar-refractivity contribution is -0.144. The van der Waals surface area contributed by atoms with Crippen molar-refractivity contribution in [3.8, 4) is 0 Å². The standard InChI is InChI=1S/C10H12O4/c1-13-9(11)7-3-5-8(6-4-7)10(12)14-2/h3-5,8H,6H2,1-2H3. The highest BCUT2D eigenvalue weighted by atomic mass is 16.5. The maximum absolute atomic E-state index is 11.1. The zero-order chi connectivity index (χ0) is 10.6. The third kappa shape index (κ3) is 2.22. The van der Waals surface area contributed by atoms with Crippen LogP contribution >= 0.6 is 0 Å². The van der Waals surface area contributed by atoms with Crippen molar-refractivity contribution in [2.24, 2.45) is 5.92 Å². The van der Waals surface area contributed by atoms with Gasteiger partial charge < -0.3 is 9.47 Å². The van der Waals surface area contributed by atoms with Gasteiger partial charge in [0.05, 0.1) is 25.7 Å². The molecule has 0 saturated carbocycles. The Hall–Kier alpha value is -1.58. The molecule has 14 heavy (non-hydrogen) atoms. The second-order valence-electron chi connectivity index (χ2n) is 2.88. The van der Waals surface area contributed by atoms with Crippen LogP contribution in [0.3, 0.4) is 0 Å². The fourth-order valence-corrected chi connectivity index (χ4v) is 1.22. The molecule has 76 valence electrons. The van der Waals surface area contributed by atoms with Gasteiger partial charge in [-0.05, 0) is 6.42 Å². The van der Waals surface area contributed by atoms with Crippen LogP contribution in [0.25, 0.3) is 0 Å². The Bertz CT molecular complexity index is 301. The molecule has 0 fully saturated rings. The highest BCUT2D eigenvalue weighted by Crippen LogP contribution is 2.18. The van der Waals surface area contributed by atoms with Gasteiger partial charge in [0.15, 0.2) is 0 Å². The summed E-state index contributed by atoms with van der Waals surface area (Å²) < 4.78 is 9.11. The Morgan fingerprint density at radius 1 is 1.36 bits per heavy atom. The van der Waals surface area contributed by atoms with Gasteiger partial charge in [-0.25, -0.2) is 4.79 Å². The van der Waals surface area contributed by atoms with Crippen LogP contribution in [0.1, 0.15) is 6.42 Å². The summed E-state index contributed by atoms with van der Waals surface area (Å²) in [4.78, 5) is 22.1. The summed E-state index contributed by atoms with van der Waals surface area (Å²) in [6, 6.07) is 0. The predicted octanol–water partition coefficient (Wildman–Crippen LogP) is 0.835. The van der Waals surface area contributed by atoms with Crippen LogP contribution in [0, 0.1) is 5.92 Å². The lowest BCUT2D eigenvalue weighted by Gasteiger charge is -2.12. The van der Waals surface area contributed by atoms with E-state index in [4.69, 9.17) is 0 Å². The molecule has 0 saturated heterocycles. The number of rotatable bonds is 2. The lowest BCUT2D eigenvalue weighted by Crippen LogP contribution is -2.16. The largest absolute Gasteiger partial charge is 0.469 e. The van der Waals surface area contributed by atoms with Crippen LogP contribution < -0.4 is 0 Å². The molecule has 0 bridgehead atoms. The minimum Gasteiger partial charge on any atom is -0.469 e. The summed E-state index contributed by atoms with van der Waals surface area (Å²) >= 11 is 0. The molecule has 0 aromatic rings. The van der Waals surface area contributed by atoms with E-state index >= 15 is 0 Å². The van der Waals surface area contributed by atoms with E-state index in [-0.39, 0.29) is 17.9 Å². The number of hydrogen-bond donors (Lipinski definition) is 0. The van der Waals surface area contributed by atoms with Gasteiger partial charge in [-0.15, -0.1) is 0 Å². The SMILES string of the molecule is COC(=O)C1=CCC(C(=O)OC)C=C1. The minimum atomic E-state index is -0.385. The molecule has 1 rings (SSSR count). The summed E-state index contributed by atoms with van der Waals surface area (Å²) in [5.74, 6) is -0.959. The van der Waals surface area contributed by atoms with Gasteiger partial charge >= 0.3 is 11.9 Å². The van der Waals surface area contributed by atoms with E-state index in [9.17, 15) is 9.59 Å². The molecule has 1 aliphatic carbocycles. The third-order valence-electron chi connectivity index (χ3n) is 2.02. The smallest absolute Gasteiger partial charge is 0.337 e. The van der Waals surface area contributed by atoms with E-state index < -0.39 is 0 Å². The number of carbonyl (C=O) groups excluding carboxylic acids is 2. The van der Waals surface area contributed by atoms with Crippen molar-refractivity contribution in [1.29, 1.82) is 0 Å². The fraction of sp³-hybridized carbons (Fsp3) is 0.400. The average molecular weight is 196 g/mol. The first-order valence-electron chi connectivity index (χ1n) is 4.23. The van der Waals surface area contributed by atoms with Gasteiger partial charge in [-0.1, -0.05) is 18.2 Å². The molecule has 0 aromatic carbocycles. The zero-order valence-corrected chi connectivity index (χ0v) is 8.15. The number of carbonyl (C=O) groups is 2. The lowest BCUT2D eigenvalue weighted by atomic mass is 9.97. The summed E-state index contributed by atoms with van der Waals surface area (Å²) in [5, 5.41) is 0. The van der Waals surface area contributed by atoms with Crippen molar-refractivity contribution in [3.63, 3.8) is 0 Å². The van der Waals surface area contributed by atoms with Gasteiger partial charge in [0, 0.05) is 0 Å². The van der Waals surface area contributed by atoms with Crippen molar-refractivity contribution >= 4 is 11.9 Å². The number of methoxy groups -OCH3 is 2. The molecule has 0 amide bonds. The van der Waals surface area contributed by atoms with Gasteiger partial charge in [0.1, 0.15) is 0 Å². The molecule has 1 atom stereocenters. The van der Waals surface area contributed by atoms with E-state index in [1.54, 1.807) is 18.2 Å². The monoisotopic (exact) mass is 196 g/mol. The van der Waals surface area contributed by atoms with Crippen molar-refractivity contribution in [2.45, 2.75) is 6.42 Å². The van der Waals surface area contributed by atoms with Gasteiger partial charge in [0.25, 0.3) is 0 Å². The maximum Gasteiger partial charge on any atom is 0.337 e. The van der Waals surface area contributed by atoms with Gasteiger partial charge in [0.2, 0.25) is 0 Å². The molecule has 1 aliphatic rings. The molecule has 0 heterocycles. The van der Waals surface area contributed by atoms with E-state index in [0.29, 0.717) is 12.0 Å². The summed E-state index contributed by atoms with van der Waals surface area (Å²) in [5.41, 5.74) is 0.479. The molecular weight excluding hydrogens is 184 g/mol. The first-order valence-corrected chi connectivity index (χ1v) is 4.23. The van der Waals surface area contributed by atoms with Crippen LogP contribution in [0.4, 0.5) is 0 Å². The normalized spacial score (nSPS) is 19.9. The van der Waals surface area contributed by atoms with Crippen molar-refractivity contribution in [1.82, 2.24) is 0 Å². The first kappa shape index (κ1) is 10.5. The quantitative estimate of drug-likeness (QED) is 0.614. The molecule has 0 N–H and O–H groups in total. The van der Waals surface area contributed by atoms with Crippen molar-refractivity contribution in [2.75, 3.05) is 14.2 Å². The molecule has 4 nitrogen and oxygen atoms in total. The van der Waals surface area contributed by atoms with Crippen LogP contribution in [0.15, 0.2) is 23.8 Å². The second-order valence-corrected chi connectivity index (χ2v) is 2.88. The van der Waals surface area contributed by atoms with Gasteiger partial charge in [-0.2, -0.15) is 0 Å². The summed E-state index contributed by atoms with van der Waals surface area (Å²) in [6.45, 7) is 0. The Morgan fingerprint density at radius 3 is 2.50 bits per heavy atom. The number of esters is 2. The summed E-state index contributed by atoms with van der Waals surface area (Å²) in [6.07, 6.45) is 5.38. The zero-order valence-electron chi connectivity index (χ0n) is 8.15. The van der Waals surface area contributed by atoms with E-state index in [1.165, 1.54) is 14.2 Å². The maximum atomic E-state index is 11.1. The molecular formula is C10H12O4. The fourth-order valence-electron chi connectivity index (χ4n) is 1.22. The third-order valence-corrected chi connectivity index (χ3v) is 2.02. The van der Waals surface area contributed by atoms with Crippen molar-refractivity contribution < 1.29 is 19.1 Å². The van der Waals surface area contributed by atoms with E-state index in [0.717, 1.165) is 0 Å². The topological polar surface area (TPSA) is 52.6 Å². The Balaban J connectivity index is 2.62. The highest BCUT2D eigenvalue weighted by molar-refractivity contribution is 5.92. The second kappa shape index (κ2) is 4.60. The van der Waals surface area contributed by atoms with Crippen LogP contribution in [-0.2, 0) is 19.1 Å². The molecule has 0 radical (unpaired) electrons. The van der Waals surface area contributed by atoms with Gasteiger partial charge in [-0.3, -0.25) is 4.79 Å². The number of hydrogen-bond acceptors (Lipinski definition) is 4.